The summed E-state index contributed by atoms with van der Waals surface area (Å²) in [5.74, 6) is -0.245. The summed E-state index contributed by atoms with van der Waals surface area (Å²) < 4.78 is 0. The fourth-order valence-electron chi connectivity index (χ4n) is 1.70. The summed E-state index contributed by atoms with van der Waals surface area (Å²) in [6.45, 7) is 1.79. The van der Waals surface area contributed by atoms with Crippen LogP contribution in [0, 0.1) is 0 Å². The van der Waals surface area contributed by atoms with Crippen LogP contribution >= 0.6 is 0 Å². The Balaban J connectivity index is 1.96. The van der Waals surface area contributed by atoms with Gasteiger partial charge in [-0.25, -0.2) is 4.98 Å². The van der Waals surface area contributed by atoms with Crippen LogP contribution in [0.4, 0.5) is 0 Å². The lowest BCUT2D eigenvalue weighted by Crippen LogP contribution is -2.45. The molecular weight excluding hydrogens is 208 g/mol. The zero-order chi connectivity index (χ0) is 11.4. The maximum atomic E-state index is 11.7. The number of aromatic amines is 1. The summed E-state index contributed by atoms with van der Waals surface area (Å²) in [5, 5.41) is 6.08. The molecule has 1 amide bonds. The highest BCUT2D eigenvalue weighted by Crippen LogP contribution is 2.02. The molecule has 3 N–H and O–H groups in total. The van der Waals surface area contributed by atoms with Crippen LogP contribution in [0.1, 0.15) is 23.3 Å². The van der Waals surface area contributed by atoms with Crippen molar-refractivity contribution < 1.29 is 4.79 Å². The molecule has 6 nitrogen and oxygen atoms in total. The van der Waals surface area contributed by atoms with Gasteiger partial charge < -0.3 is 15.6 Å². The molecule has 0 bridgehead atoms. The quantitative estimate of drug-likeness (QED) is 0.614. The lowest BCUT2D eigenvalue weighted by molar-refractivity contribution is 0.0925. The number of nitrogens with one attached hydrogen (secondary N) is 3. The summed E-state index contributed by atoms with van der Waals surface area (Å²) in [6, 6.07) is 0.148. The van der Waals surface area contributed by atoms with E-state index < -0.39 is 0 Å². The van der Waals surface area contributed by atoms with E-state index in [4.69, 9.17) is 0 Å². The van der Waals surface area contributed by atoms with Crippen LogP contribution in [-0.2, 0) is 0 Å². The molecular formula is C10H14N4O2. The molecule has 16 heavy (non-hydrogen) atoms. The van der Waals surface area contributed by atoms with Crippen molar-refractivity contribution in [2.24, 2.45) is 0 Å². The predicted octanol–water partition coefficient (Wildman–Crippen LogP) is -0.748. The number of piperidine rings is 1. The molecule has 2 rings (SSSR count). The van der Waals surface area contributed by atoms with Gasteiger partial charge in [0.25, 0.3) is 11.5 Å². The van der Waals surface area contributed by atoms with Crippen LogP contribution in [0.15, 0.2) is 17.2 Å². The second-order valence-corrected chi connectivity index (χ2v) is 3.81. The van der Waals surface area contributed by atoms with Gasteiger partial charge in [-0.15, -0.1) is 0 Å². The number of amides is 1. The van der Waals surface area contributed by atoms with Crippen LogP contribution in [0.25, 0.3) is 0 Å². The zero-order valence-corrected chi connectivity index (χ0v) is 8.82. The lowest BCUT2D eigenvalue weighted by Gasteiger charge is -2.23. The second-order valence-electron chi connectivity index (χ2n) is 3.81. The van der Waals surface area contributed by atoms with Gasteiger partial charge in [0.05, 0.1) is 6.20 Å². The first-order chi connectivity index (χ1) is 7.75. The van der Waals surface area contributed by atoms with E-state index in [1.165, 1.54) is 6.20 Å². The van der Waals surface area contributed by atoms with Gasteiger partial charge in [0, 0.05) is 18.8 Å². The molecule has 1 aromatic heterocycles. The van der Waals surface area contributed by atoms with E-state index >= 15 is 0 Å². The maximum Gasteiger partial charge on any atom is 0.271 e. The molecule has 6 heteroatoms. The molecule has 86 valence electrons. The third-order valence-electron chi connectivity index (χ3n) is 2.54. The van der Waals surface area contributed by atoms with Gasteiger partial charge in [0.1, 0.15) is 5.69 Å². The fraction of sp³-hybridized carbons (Fsp3) is 0.500. The minimum Gasteiger partial charge on any atom is -0.347 e. The maximum absolute atomic E-state index is 11.7. The highest BCUT2D eigenvalue weighted by molar-refractivity contribution is 5.92. The van der Waals surface area contributed by atoms with Crippen LogP contribution < -0.4 is 16.2 Å². The van der Waals surface area contributed by atoms with Crippen molar-refractivity contribution in [1.82, 2.24) is 20.6 Å². The van der Waals surface area contributed by atoms with Gasteiger partial charge >= 0.3 is 0 Å². The number of hydrogen-bond acceptors (Lipinski definition) is 4. The zero-order valence-electron chi connectivity index (χ0n) is 8.82. The SMILES string of the molecule is O=C(N[C@H]1CCCNC1)c1c[nH]c(=O)cn1. The molecule has 0 radical (unpaired) electrons. The number of aromatic nitrogens is 2. The van der Waals surface area contributed by atoms with Crippen molar-refractivity contribution in [2.75, 3.05) is 13.1 Å². The molecule has 1 aromatic rings. The minimum atomic E-state index is -0.309. The van der Waals surface area contributed by atoms with Gasteiger partial charge in [-0.05, 0) is 19.4 Å². The monoisotopic (exact) mass is 222 g/mol. The number of H-pyrrole nitrogens is 1. The summed E-state index contributed by atoms with van der Waals surface area (Å²) >= 11 is 0. The van der Waals surface area contributed by atoms with Crippen molar-refractivity contribution in [1.29, 1.82) is 0 Å². The molecule has 1 atom stereocenters. The van der Waals surface area contributed by atoms with E-state index in [-0.39, 0.29) is 23.2 Å². The van der Waals surface area contributed by atoms with Crippen LogP contribution in [-0.4, -0.2) is 35.0 Å². The van der Waals surface area contributed by atoms with Crippen molar-refractivity contribution in [2.45, 2.75) is 18.9 Å². The van der Waals surface area contributed by atoms with Crippen LogP contribution in [0.2, 0.25) is 0 Å². The Kier molecular flexibility index (Phi) is 3.31. The largest absolute Gasteiger partial charge is 0.347 e. The van der Waals surface area contributed by atoms with E-state index in [1.54, 1.807) is 0 Å². The third-order valence-corrected chi connectivity index (χ3v) is 2.54. The molecule has 0 spiro atoms. The van der Waals surface area contributed by atoms with E-state index in [0.717, 1.165) is 32.1 Å². The Bertz CT molecular complexity index is 403. The van der Waals surface area contributed by atoms with E-state index in [2.05, 4.69) is 20.6 Å². The van der Waals surface area contributed by atoms with Gasteiger partial charge in [0.2, 0.25) is 0 Å². The molecule has 0 unspecified atom stereocenters. The fourth-order valence-corrected chi connectivity index (χ4v) is 1.70. The van der Waals surface area contributed by atoms with E-state index in [0.29, 0.717) is 0 Å². The number of carbonyl (C=O) groups is 1. The molecule has 0 aliphatic carbocycles. The standard InChI is InChI=1S/C10H14N4O2/c15-9-6-12-8(5-13-9)10(16)14-7-2-1-3-11-4-7/h5-7,11H,1-4H2,(H,13,15)(H,14,16)/t7-/m0/s1. The van der Waals surface area contributed by atoms with Gasteiger partial charge in [-0.2, -0.15) is 0 Å². The predicted molar refractivity (Wildman–Crippen MR) is 58.2 cm³/mol. The van der Waals surface area contributed by atoms with Gasteiger partial charge in [-0.1, -0.05) is 0 Å². The van der Waals surface area contributed by atoms with Gasteiger partial charge in [0.15, 0.2) is 0 Å². The Labute approximate surface area is 92.5 Å². The Morgan fingerprint density at radius 2 is 2.44 bits per heavy atom. The highest BCUT2D eigenvalue weighted by atomic mass is 16.2. The number of hydrogen-bond donors (Lipinski definition) is 3. The lowest BCUT2D eigenvalue weighted by atomic mass is 10.1. The van der Waals surface area contributed by atoms with E-state index in [1.807, 2.05) is 0 Å². The summed E-state index contributed by atoms with van der Waals surface area (Å²) in [6.07, 6.45) is 4.47. The van der Waals surface area contributed by atoms with E-state index in [9.17, 15) is 9.59 Å². The normalized spacial score (nSPS) is 20.4. The van der Waals surface area contributed by atoms with Crippen LogP contribution in [0.5, 0.6) is 0 Å². The molecule has 1 saturated heterocycles. The first-order valence-electron chi connectivity index (χ1n) is 5.32. The molecule has 0 saturated carbocycles. The summed E-state index contributed by atoms with van der Waals surface area (Å²) in [7, 11) is 0. The Hall–Kier alpha value is -1.69. The molecule has 2 heterocycles. The Morgan fingerprint density at radius 3 is 3.06 bits per heavy atom. The molecule has 1 fully saturated rings. The third kappa shape index (κ3) is 2.66. The highest BCUT2D eigenvalue weighted by Gasteiger charge is 2.16. The second kappa shape index (κ2) is 4.89. The topological polar surface area (TPSA) is 86.9 Å². The van der Waals surface area contributed by atoms with Crippen molar-refractivity contribution in [3.8, 4) is 0 Å². The minimum absolute atomic E-state index is 0.148. The first kappa shape index (κ1) is 10.8. The number of rotatable bonds is 2. The van der Waals surface area contributed by atoms with Crippen molar-refractivity contribution >= 4 is 5.91 Å². The van der Waals surface area contributed by atoms with Crippen LogP contribution in [0.3, 0.4) is 0 Å². The average Bonchev–Trinajstić information content (AvgIpc) is 2.31. The van der Waals surface area contributed by atoms with Crippen molar-refractivity contribution in [3.63, 3.8) is 0 Å². The number of nitrogens with zero attached hydrogens (tertiary/aromatic N) is 1. The smallest absolute Gasteiger partial charge is 0.271 e. The number of carbonyl (C=O) groups excluding carboxylic acids is 1. The molecule has 0 aromatic carbocycles. The Morgan fingerprint density at radius 1 is 1.56 bits per heavy atom. The van der Waals surface area contributed by atoms with Crippen molar-refractivity contribution in [3.05, 3.63) is 28.4 Å². The molecule has 1 aliphatic rings. The summed E-state index contributed by atoms with van der Waals surface area (Å²) in [4.78, 5) is 28.7. The average molecular weight is 222 g/mol. The molecule has 1 aliphatic heterocycles. The van der Waals surface area contributed by atoms with Gasteiger partial charge in [-0.3, -0.25) is 9.59 Å². The first-order valence-corrected chi connectivity index (χ1v) is 5.32. The summed E-state index contributed by atoms with van der Waals surface area (Å²) in [5.41, 5.74) is -0.0685.